The van der Waals surface area contributed by atoms with E-state index in [1.165, 1.54) is 43.8 Å². The fourth-order valence-electron chi connectivity index (χ4n) is 4.87. The van der Waals surface area contributed by atoms with E-state index in [0.29, 0.717) is 0 Å². The first-order chi connectivity index (χ1) is 16.3. The monoisotopic (exact) mass is 420 g/mol. The summed E-state index contributed by atoms with van der Waals surface area (Å²) >= 11 is 0. The third-order valence-corrected chi connectivity index (χ3v) is 6.63. The number of rotatable bonds is 2. The Hall–Kier alpha value is -4.36. The maximum atomic E-state index is 6.17. The summed E-state index contributed by atoms with van der Waals surface area (Å²) in [6.07, 6.45) is 0. The van der Waals surface area contributed by atoms with Gasteiger partial charge in [0.15, 0.2) is 0 Å². The Labute approximate surface area is 191 Å². The Kier molecular flexibility index (Phi) is 3.91. The Morgan fingerprint density at radius 2 is 0.727 bits per heavy atom. The Morgan fingerprint density at radius 1 is 0.333 bits per heavy atom. The van der Waals surface area contributed by atoms with Gasteiger partial charge in [-0.05, 0) is 80.2 Å². The van der Waals surface area contributed by atoms with E-state index in [1.807, 2.05) is 0 Å². The van der Waals surface area contributed by atoms with Crippen LogP contribution in [-0.2, 0) is 0 Å². The van der Waals surface area contributed by atoms with Crippen LogP contribution in [-0.4, -0.2) is 0 Å². The van der Waals surface area contributed by atoms with Gasteiger partial charge in [-0.15, -0.1) is 0 Å². The van der Waals surface area contributed by atoms with Crippen LogP contribution in [0.4, 0.5) is 0 Å². The van der Waals surface area contributed by atoms with E-state index in [0.717, 1.165) is 21.9 Å². The fraction of sp³-hybridized carbons (Fsp3) is 0. The van der Waals surface area contributed by atoms with Gasteiger partial charge in [-0.2, -0.15) is 0 Å². The van der Waals surface area contributed by atoms with Crippen LogP contribution in [0.15, 0.2) is 126 Å². The van der Waals surface area contributed by atoms with Crippen LogP contribution >= 0.6 is 0 Å². The van der Waals surface area contributed by atoms with Crippen LogP contribution in [0.1, 0.15) is 0 Å². The largest absolute Gasteiger partial charge is 0.456 e. The maximum Gasteiger partial charge on any atom is 0.135 e. The normalized spacial score (nSPS) is 11.6. The minimum Gasteiger partial charge on any atom is -0.456 e. The van der Waals surface area contributed by atoms with E-state index in [-0.39, 0.29) is 0 Å². The van der Waals surface area contributed by atoms with Gasteiger partial charge in [0, 0.05) is 10.8 Å². The molecule has 1 nitrogen and oxygen atoms in total. The molecule has 1 heteroatoms. The average Bonchev–Trinajstić information content (AvgIpc) is 3.25. The van der Waals surface area contributed by atoms with Crippen molar-refractivity contribution < 1.29 is 4.42 Å². The highest BCUT2D eigenvalue weighted by atomic mass is 16.3. The molecule has 0 aliphatic carbocycles. The van der Waals surface area contributed by atoms with Crippen LogP contribution < -0.4 is 0 Å². The van der Waals surface area contributed by atoms with Crippen LogP contribution in [0.2, 0.25) is 0 Å². The second kappa shape index (κ2) is 7.08. The summed E-state index contributed by atoms with van der Waals surface area (Å²) in [6, 6.07) is 43.3. The molecule has 0 atom stereocenters. The average molecular weight is 421 g/mol. The molecule has 1 aromatic heterocycles. The van der Waals surface area contributed by atoms with Gasteiger partial charge in [0.25, 0.3) is 0 Å². The van der Waals surface area contributed by atoms with Gasteiger partial charge in [-0.3, -0.25) is 0 Å². The van der Waals surface area contributed by atoms with Crippen molar-refractivity contribution in [3.8, 4) is 22.3 Å². The van der Waals surface area contributed by atoms with E-state index in [2.05, 4.69) is 121 Å². The molecule has 0 N–H and O–H groups in total. The molecule has 7 aromatic rings. The lowest BCUT2D eigenvalue weighted by atomic mass is 9.98. The van der Waals surface area contributed by atoms with Gasteiger partial charge in [0.2, 0.25) is 0 Å². The zero-order valence-corrected chi connectivity index (χ0v) is 18.0. The predicted molar refractivity (Wildman–Crippen MR) is 140 cm³/mol. The molecule has 0 spiro atoms. The second-order valence-electron chi connectivity index (χ2n) is 8.65. The number of fused-ring (bicyclic) bond motifs is 5. The maximum absolute atomic E-state index is 6.17. The first-order valence-electron chi connectivity index (χ1n) is 11.3. The molecular weight excluding hydrogens is 400 g/mol. The molecule has 0 bridgehead atoms. The highest BCUT2D eigenvalue weighted by Gasteiger charge is 2.11. The predicted octanol–water partition coefficient (Wildman–Crippen LogP) is 9.23. The van der Waals surface area contributed by atoms with Crippen molar-refractivity contribution in [2.75, 3.05) is 0 Å². The molecule has 0 aliphatic rings. The zero-order valence-electron chi connectivity index (χ0n) is 18.0. The molecule has 0 saturated heterocycles. The zero-order chi connectivity index (χ0) is 21.8. The van der Waals surface area contributed by atoms with Crippen molar-refractivity contribution >= 4 is 43.5 Å². The molecule has 6 aromatic carbocycles. The highest BCUT2D eigenvalue weighted by molar-refractivity contribution is 6.08. The van der Waals surface area contributed by atoms with Crippen molar-refractivity contribution in [2.24, 2.45) is 0 Å². The van der Waals surface area contributed by atoms with Crippen LogP contribution in [0.5, 0.6) is 0 Å². The third kappa shape index (κ3) is 3.01. The number of hydrogen-bond acceptors (Lipinski definition) is 1. The van der Waals surface area contributed by atoms with Gasteiger partial charge >= 0.3 is 0 Å². The summed E-state index contributed by atoms with van der Waals surface area (Å²) < 4.78 is 6.17. The molecular formula is C32H20O. The summed E-state index contributed by atoms with van der Waals surface area (Å²) in [5.41, 5.74) is 6.68. The van der Waals surface area contributed by atoms with Gasteiger partial charge in [-0.1, -0.05) is 84.9 Å². The Morgan fingerprint density at radius 3 is 1.21 bits per heavy atom. The molecule has 0 saturated carbocycles. The van der Waals surface area contributed by atoms with E-state index < -0.39 is 0 Å². The molecule has 0 unspecified atom stereocenters. The van der Waals surface area contributed by atoms with Crippen LogP contribution in [0.25, 0.3) is 65.7 Å². The summed E-state index contributed by atoms with van der Waals surface area (Å²) in [5.74, 6) is 0. The van der Waals surface area contributed by atoms with Crippen molar-refractivity contribution in [1.82, 2.24) is 0 Å². The van der Waals surface area contributed by atoms with Gasteiger partial charge in [0.05, 0.1) is 0 Å². The van der Waals surface area contributed by atoms with Crippen LogP contribution in [0.3, 0.4) is 0 Å². The first-order valence-corrected chi connectivity index (χ1v) is 11.3. The number of furan rings is 1. The molecule has 1 heterocycles. The topological polar surface area (TPSA) is 13.1 Å². The van der Waals surface area contributed by atoms with Gasteiger partial charge in [-0.25, -0.2) is 0 Å². The van der Waals surface area contributed by atoms with Crippen molar-refractivity contribution in [3.63, 3.8) is 0 Å². The number of hydrogen-bond donors (Lipinski definition) is 0. The second-order valence-corrected chi connectivity index (χ2v) is 8.65. The quantitative estimate of drug-likeness (QED) is 0.272. The van der Waals surface area contributed by atoms with E-state index in [4.69, 9.17) is 4.42 Å². The van der Waals surface area contributed by atoms with E-state index in [1.54, 1.807) is 0 Å². The fourth-order valence-corrected chi connectivity index (χ4v) is 4.87. The Bertz CT molecular complexity index is 1690. The summed E-state index contributed by atoms with van der Waals surface area (Å²) in [6.45, 7) is 0. The van der Waals surface area contributed by atoms with E-state index in [9.17, 15) is 0 Å². The molecule has 0 amide bonds. The molecule has 0 fully saturated rings. The van der Waals surface area contributed by atoms with Gasteiger partial charge < -0.3 is 4.42 Å². The Balaban J connectivity index is 1.39. The van der Waals surface area contributed by atoms with Gasteiger partial charge in [0.1, 0.15) is 11.2 Å². The summed E-state index contributed by atoms with van der Waals surface area (Å²) in [4.78, 5) is 0. The lowest BCUT2D eigenvalue weighted by Gasteiger charge is -2.05. The molecule has 33 heavy (non-hydrogen) atoms. The standard InChI is InChI=1S/C32H20O/c1-3-7-23-17-25(11-9-21(23)5-1)27-13-15-31-29(19-27)30-20-28(14-16-32(30)33-31)26-12-10-22-6-2-4-8-24(22)18-26/h1-20H. The summed E-state index contributed by atoms with van der Waals surface area (Å²) in [7, 11) is 0. The van der Waals surface area contributed by atoms with E-state index >= 15 is 0 Å². The minimum atomic E-state index is 0.921. The van der Waals surface area contributed by atoms with Crippen molar-refractivity contribution in [3.05, 3.63) is 121 Å². The molecule has 154 valence electrons. The lowest BCUT2D eigenvalue weighted by molar-refractivity contribution is 0.669. The summed E-state index contributed by atoms with van der Waals surface area (Å²) in [5, 5.41) is 7.33. The number of benzene rings is 6. The molecule has 7 rings (SSSR count). The SMILES string of the molecule is c1ccc2cc(-c3ccc4oc5ccc(-c6ccc7ccccc7c6)cc5c4c3)ccc2c1. The lowest BCUT2D eigenvalue weighted by Crippen LogP contribution is -1.80. The third-order valence-electron chi connectivity index (χ3n) is 6.63. The first kappa shape index (κ1) is 18.2. The highest BCUT2D eigenvalue weighted by Crippen LogP contribution is 2.36. The smallest absolute Gasteiger partial charge is 0.135 e. The van der Waals surface area contributed by atoms with Crippen molar-refractivity contribution in [1.29, 1.82) is 0 Å². The molecule has 0 aliphatic heterocycles. The van der Waals surface area contributed by atoms with Crippen molar-refractivity contribution in [2.45, 2.75) is 0 Å². The van der Waals surface area contributed by atoms with Crippen LogP contribution in [0, 0.1) is 0 Å². The molecule has 0 radical (unpaired) electrons. The minimum absolute atomic E-state index is 0.921.